The molecule has 0 radical (unpaired) electrons. The van der Waals surface area contributed by atoms with Crippen LogP contribution in [0, 0.1) is 5.92 Å². The number of nitrogens with two attached hydrogens (primary N) is 1. The van der Waals surface area contributed by atoms with Crippen LogP contribution in [0.25, 0.3) is 0 Å². The van der Waals surface area contributed by atoms with E-state index in [0.29, 0.717) is 6.10 Å². The second kappa shape index (κ2) is 5.48. The molecule has 1 saturated heterocycles. The van der Waals surface area contributed by atoms with E-state index in [1.165, 1.54) is 38.5 Å². The molecule has 2 rings (SSSR count). The van der Waals surface area contributed by atoms with Crippen molar-refractivity contribution in [3.8, 4) is 0 Å². The first-order valence-electron chi connectivity index (χ1n) is 6.79. The molecule has 2 aliphatic rings. The highest BCUT2D eigenvalue weighted by atomic mass is 16.5. The van der Waals surface area contributed by atoms with Gasteiger partial charge in [-0.2, -0.15) is 0 Å². The van der Waals surface area contributed by atoms with Crippen LogP contribution in [0.15, 0.2) is 0 Å². The highest BCUT2D eigenvalue weighted by molar-refractivity contribution is 4.91. The SMILES string of the molecule is CC1CCCC(N)(CNCC2CCCO2)C1. The Morgan fingerprint density at radius 1 is 1.38 bits per heavy atom. The van der Waals surface area contributed by atoms with Crippen molar-refractivity contribution in [3.05, 3.63) is 0 Å². The third kappa shape index (κ3) is 3.44. The van der Waals surface area contributed by atoms with Gasteiger partial charge in [0.2, 0.25) is 0 Å². The molecule has 3 unspecified atom stereocenters. The van der Waals surface area contributed by atoms with E-state index in [-0.39, 0.29) is 5.54 Å². The fourth-order valence-electron chi connectivity index (χ4n) is 3.15. The molecule has 0 spiro atoms. The van der Waals surface area contributed by atoms with Crippen LogP contribution in [0.4, 0.5) is 0 Å². The van der Waals surface area contributed by atoms with E-state index in [1.54, 1.807) is 0 Å². The molecule has 2 fully saturated rings. The van der Waals surface area contributed by atoms with Crippen molar-refractivity contribution in [2.75, 3.05) is 19.7 Å². The lowest BCUT2D eigenvalue weighted by Gasteiger charge is -2.37. The van der Waals surface area contributed by atoms with Gasteiger partial charge in [-0.05, 0) is 31.6 Å². The molecule has 3 heteroatoms. The molecule has 1 aliphatic carbocycles. The third-order valence-corrected chi connectivity index (χ3v) is 4.00. The number of rotatable bonds is 4. The molecule has 1 heterocycles. The fraction of sp³-hybridized carbons (Fsp3) is 1.00. The molecule has 3 nitrogen and oxygen atoms in total. The quantitative estimate of drug-likeness (QED) is 0.766. The zero-order valence-corrected chi connectivity index (χ0v) is 10.5. The minimum Gasteiger partial charge on any atom is -0.377 e. The normalized spacial score (nSPS) is 40.1. The van der Waals surface area contributed by atoms with E-state index in [1.807, 2.05) is 0 Å². The Kier molecular flexibility index (Phi) is 4.22. The van der Waals surface area contributed by atoms with Crippen LogP contribution in [-0.4, -0.2) is 31.3 Å². The van der Waals surface area contributed by atoms with E-state index in [2.05, 4.69) is 12.2 Å². The maximum atomic E-state index is 6.43. The summed E-state index contributed by atoms with van der Waals surface area (Å²) < 4.78 is 5.59. The Balaban J connectivity index is 1.67. The molecular formula is C13H26N2O. The van der Waals surface area contributed by atoms with Crippen LogP contribution in [-0.2, 0) is 4.74 Å². The zero-order valence-electron chi connectivity index (χ0n) is 10.5. The average molecular weight is 226 g/mol. The summed E-state index contributed by atoms with van der Waals surface area (Å²) >= 11 is 0. The van der Waals surface area contributed by atoms with Crippen molar-refractivity contribution in [2.24, 2.45) is 11.7 Å². The first-order chi connectivity index (χ1) is 7.68. The van der Waals surface area contributed by atoms with Gasteiger partial charge >= 0.3 is 0 Å². The first-order valence-corrected chi connectivity index (χ1v) is 6.79. The predicted octanol–water partition coefficient (Wildman–Crippen LogP) is 1.66. The number of hydrogen-bond donors (Lipinski definition) is 2. The standard InChI is InChI=1S/C13H26N2O/c1-11-4-2-6-13(14,8-11)10-15-9-12-5-3-7-16-12/h11-12,15H,2-10,14H2,1H3. The van der Waals surface area contributed by atoms with Crippen molar-refractivity contribution in [2.45, 2.75) is 57.1 Å². The largest absolute Gasteiger partial charge is 0.377 e. The molecule has 1 saturated carbocycles. The van der Waals surface area contributed by atoms with E-state index in [0.717, 1.165) is 25.6 Å². The van der Waals surface area contributed by atoms with Gasteiger partial charge in [-0.3, -0.25) is 0 Å². The third-order valence-electron chi connectivity index (χ3n) is 4.00. The topological polar surface area (TPSA) is 47.3 Å². The van der Waals surface area contributed by atoms with Crippen molar-refractivity contribution >= 4 is 0 Å². The summed E-state index contributed by atoms with van der Waals surface area (Å²) in [6.45, 7) is 5.20. The maximum Gasteiger partial charge on any atom is 0.0700 e. The van der Waals surface area contributed by atoms with Crippen LogP contribution >= 0.6 is 0 Å². The van der Waals surface area contributed by atoms with Gasteiger partial charge in [-0.15, -0.1) is 0 Å². The minimum atomic E-state index is 0.0380. The lowest BCUT2D eigenvalue weighted by atomic mass is 9.77. The minimum absolute atomic E-state index is 0.0380. The zero-order chi connectivity index (χ0) is 11.4. The molecule has 3 atom stereocenters. The Labute approximate surface area is 99.1 Å². The number of ether oxygens (including phenoxy) is 1. The van der Waals surface area contributed by atoms with Crippen molar-refractivity contribution in [1.82, 2.24) is 5.32 Å². The van der Waals surface area contributed by atoms with Gasteiger partial charge in [-0.1, -0.05) is 19.8 Å². The Morgan fingerprint density at radius 3 is 2.94 bits per heavy atom. The summed E-state index contributed by atoms with van der Waals surface area (Å²) in [4.78, 5) is 0. The van der Waals surface area contributed by atoms with Crippen LogP contribution < -0.4 is 11.1 Å². The van der Waals surface area contributed by atoms with Crippen LogP contribution in [0.5, 0.6) is 0 Å². The smallest absolute Gasteiger partial charge is 0.0700 e. The van der Waals surface area contributed by atoms with Crippen molar-refractivity contribution in [1.29, 1.82) is 0 Å². The second-order valence-electron chi connectivity index (χ2n) is 5.83. The lowest BCUT2D eigenvalue weighted by Crippen LogP contribution is -2.52. The van der Waals surface area contributed by atoms with Crippen LogP contribution in [0.1, 0.15) is 45.4 Å². The monoisotopic (exact) mass is 226 g/mol. The average Bonchev–Trinajstić information content (AvgIpc) is 2.69. The predicted molar refractivity (Wildman–Crippen MR) is 66.4 cm³/mol. The number of nitrogens with one attached hydrogen (secondary N) is 1. The molecule has 1 aliphatic heterocycles. The van der Waals surface area contributed by atoms with Gasteiger partial charge in [0.05, 0.1) is 6.10 Å². The van der Waals surface area contributed by atoms with Gasteiger partial charge in [-0.25, -0.2) is 0 Å². The van der Waals surface area contributed by atoms with Crippen molar-refractivity contribution in [3.63, 3.8) is 0 Å². The van der Waals surface area contributed by atoms with E-state index in [4.69, 9.17) is 10.5 Å². The van der Waals surface area contributed by atoms with Gasteiger partial charge < -0.3 is 15.8 Å². The molecular weight excluding hydrogens is 200 g/mol. The lowest BCUT2D eigenvalue weighted by molar-refractivity contribution is 0.107. The van der Waals surface area contributed by atoms with E-state index < -0.39 is 0 Å². The van der Waals surface area contributed by atoms with Gasteiger partial charge in [0, 0.05) is 25.2 Å². The van der Waals surface area contributed by atoms with Gasteiger partial charge in [0.15, 0.2) is 0 Å². The molecule has 0 aromatic rings. The fourth-order valence-corrected chi connectivity index (χ4v) is 3.15. The molecule has 0 aromatic heterocycles. The van der Waals surface area contributed by atoms with E-state index in [9.17, 15) is 0 Å². The molecule has 16 heavy (non-hydrogen) atoms. The van der Waals surface area contributed by atoms with E-state index >= 15 is 0 Å². The maximum absolute atomic E-state index is 6.43. The number of hydrogen-bond acceptors (Lipinski definition) is 3. The molecule has 0 aromatic carbocycles. The molecule has 94 valence electrons. The van der Waals surface area contributed by atoms with Crippen LogP contribution in [0.2, 0.25) is 0 Å². The summed E-state index contributed by atoms with van der Waals surface area (Å²) in [7, 11) is 0. The summed E-state index contributed by atoms with van der Waals surface area (Å²) in [6, 6.07) is 0. The Bertz CT molecular complexity index is 216. The first kappa shape index (κ1) is 12.3. The summed E-state index contributed by atoms with van der Waals surface area (Å²) in [6.07, 6.45) is 7.85. The molecule has 3 N–H and O–H groups in total. The Morgan fingerprint density at radius 2 is 2.25 bits per heavy atom. The molecule has 0 bridgehead atoms. The highest BCUT2D eigenvalue weighted by Gasteiger charge is 2.30. The highest BCUT2D eigenvalue weighted by Crippen LogP contribution is 2.29. The van der Waals surface area contributed by atoms with Gasteiger partial charge in [0.25, 0.3) is 0 Å². The Hall–Kier alpha value is -0.120. The van der Waals surface area contributed by atoms with Crippen molar-refractivity contribution < 1.29 is 4.74 Å². The summed E-state index contributed by atoms with van der Waals surface area (Å²) in [5, 5.41) is 3.51. The van der Waals surface area contributed by atoms with Crippen LogP contribution in [0.3, 0.4) is 0 Å². The molecule has 0 amide bonds. The second-order valence-corrected chi connectivity index (χ2v) is 5.83. The summed E-state index contributed by atoms with van der Waals surface area (Å²) in [5.41, 5.74) is 6.47. The summed E-state index contributed by atoms with van der Waals surface area (Å²) in [5.74, 6) is 0.795. The van der Waals surface area contributed by atoms with Gasteiger partial charge in [0.1, 0.15) is 0 Å².